The van der Waals surface area contributed by atoms with Crippen LogP contribution in [0.15, 0.2) is 0 Å². The zero-order chi connectivity index (χ0) is 8.65. The van der Waals surface area contributed by atoms with E-state index >= 15 is 0 Å². The molecular formula is C8H13NO2. The van der Waals surface area contributed by atoms with Gasteiger partial charge in [-0.1, -0.05) is 0 Å². The van der Waals surface area contributed by atoms with Crippen LogP contribution in [0.5, 0.6) is 0 Å². The van der Waals surface area contributed by atoms with Crippen LogP contribution in [-0.2, 0) is 9.59 Å². The maximum Gasteiger partial charge on any atom is 0.220 e. The lowest BCUT2D eigenvalue weighted by Gasteiger charge is -2.29. The summed E-state index contributed by atoms with van der Waals surface area (Å²) in [5, 5.41) is 0. The molecule has 0 N–H and O–H groups in total. The van der Waals surface area contributed by atoms with Gasteiger partial charge in [0.2, 0.25) is 5.91 Å². The van der Waals surface area contributed by atoms with Crippen molar-refractivity contribution in [3.63, 3.8) is 0 Å². The summed E-state index contributed by atoms with van der Waals surface area (Å²) >= 11 is 0. The Labute approximate surface area is 66.4 Å². The minimum atomic E-state index is -0.261. The van der Waals surface area contributed by atoms with E-state index < -0.39 is 0 Å². The Morgan fingerprint density at radius 2 is 2.09 bits per heavy atom. The maximum atomic E-state index is 11.0. The summed E-state index contributed by atoms with van der Waals surface area (Å²) in [4.78, 5) is 23.6. The number of rotatable bonds is 0. The van der Waals surface area contributed by atoms with Crippen molar-refractivity contribution < 1.29 is 9.59 Å². The Morgan fingerprint density at radius 3 is 2.27 bits per heavy atom. The van der Waals surface area contributed by atoms with Gasteiger partial charge in [-0.15, -0.1) is 0 Å². The van der Waals surface area contributed by atoms with Gasteiger partial charge in [0, 0.05) is 18.9 Å². The molecule has 0 aliphatic carbocycles. The number of ketones is 1. The highest BCUT2D eigenvalue weighted by atomic mass is 16.2. The molecule has 0 saturated carbocycles. The number of amides is 1. The first-order valence-corrected chi connectivity index (χ1v) is 3.73. The normalized spacial score (nSPS) is 22.5. The third kappa shape index (κ3) is 1.42. The SMILES string of the molecule is CC(=O)N1CC(=O)CC1(C)C. The fourth-order valence-electron chi connectivity index (χ4n) is 1.56. The molecule has 0 unspecified atom stereocenters. The predicted molar refractivity (Wildman–Crippen MR) is 41.1 cm³/mol. The monoisotopic (exact) mass is 155 g/mol. The van der Waals surface area contributed by atoms with Crippen molar-refractivity contribution in [2.24, 2.45) is 0 Å². The summed E-state index contributed by atoms with van der Waals surface area (Å²) in [6.07, 6.45) is 0.493. The van der Waals surface area contributed by atoms with Gasteiger partial charge >= 0.3 is 0 Å². The van der Waals surface area contributed by atoms with Gasteiger partial charge in [-0.3, -0.25) is 9.59 Å². The first kappa shape index (κ1) is 8.24. The van der Waals surface area contributed by atoms with Gasteiger partial charge in [0.1, 0.15) is 0 Å². The van der Waals surface area contributed by atoms with Gasteiger partial charge in [-0.05, 0) is 13.8 Å². The third-order valence-corrected chi connectivity index (χ3v) is 2.08. The number of nitrogens with zero attached hydrogens (tertiary/aromatic N) is 1. The van der Waals surface area contributed by atoms with E-state index in [1.807, 2.05) is 13.8 Å². The number of carbonyl (C=O) groups is 2. The molecule has 0 atom stereocenters. The van der Waals surface area contributed by atoms with E-state index in [2.05, 4.69) is 0 Å². The highest BCUT2D eigenvalue weighted by Gasteiger charge is 2.38. The van der Waals surface area contributed by atoms with E-state index in [0.29, 0.717) is 13.0 Å². The summed E-state index contributed by atoms with van der Waals surface area (Å²) in [6.45, 7) is 5.63. The lowest BCUT2D eigenvalue weighted by Crippen LogP contribution is -2.41. The van der Waals surface area contributed by atoms with Gasteiger partial charge in [0.15, 0.2) is 5.78 Å². The lowest BCUT2D eigenvalue weighted by atomic mass is 10.0. The Bertz CT molecular complexity index is 208. The zero-order valence-electron chi connectivity index (χ0n) is 7.18. The first-order valence-electron chi connectivity index (χ1n) is 3.73. The van der Waals surface area contributed by atoms with Crippen molar-refractivity contribution in [2.75, 3.05) is 6.54 Å². The Morgan fingerprint density at radius 1 is 1.55 bits per heavy atom. The molecule has 1 saturated heterocycles. The van der Waals surface area contributed by atoms with E-state index in [9.17, 15) is 9.59 Å². The maximum absolute atomic E-state index is 11.0. The number of likely N-dealkylation sites (tertiary alicyclic amines) is 1. The molecule has 0 bridgehead atoms. The second-order valence-electron chi connectivity index (χ2n) is 3.63. The molecule has 1 aliphatic heterocycles. The van der Waals surface area contributed by atoms with Crippen LogP contribution in [0.25, 0.3) is 0 Å². The molecule has 0 aromatic carbocycles. The molecule has 0 aromatic rings. The fraction of sp³-hybridized carbons (Fsp3) is 0.750. The van der Waals surface area contributed by atoms with E-state index in [4.69, 9.17) is 0 Å². The van der Waals surface area contributed by atoms with Crippen LogP contribution in [0.1, 0.15) is 27.2 Å². The lowest BCUT2D eigenvalue weighted by molar-refractivity contribution is -0.132. The van der Waals surface area contributed by atoms with Crippen LogP contribution in [0.3, 0.4) is 0 Å². The predicted octanol–water partition coefficient (Wildman–Crippen LogP) is 0.586. The number of hydrogen-bond acceptors (Lipinski definition) is 2. The van der Waals surface area contributed by atoms with Crippen molar-refractivity contribution in [3.8, 4) is 0 Å². The van der Waals surface area contributed by atoms with Crippen molar-refractivity contribution >= 4 is 11.7 Å². The third-order valence-electron chi connectivity index (χ3n) is 2.08. The molecule has 11 heavy (non-hydrogen) atoms. The fourth-order valence-corrected chi connectivity index (χ4v) is 1.56. The summed E-state index contributed by atoms with van der Waals surface area (Å²) in [5.41, 5.74) is -0.261. The van der Waals surface area contributed by atoms with E-state index in [1.165, 1.54) is 6.92 Å². The van der Waals surface area contributed by atoms with Crippen LogP contribution >= 0.6 is 0 Å². The average molecular weight is 155 g/mol. The quantitative estimate of drug-likeness (QED) is 0.513. The van der Waals surface area contributed by atoms with E-state index in [-0.39, 0.29) is 17.2 Å². The van der Waals surface area contributed by atoms with Crippen molar-refractivity contribution in [1.82, 2.24) is 4.90 Å². The zero-order valence-corrected chi connectivity index (χ0v) is 7.18. The summed E-state index contributed by atoms with van der Waals surface area (Å²) in [7, 11) is 0. The molecule has 0 radical (unpaired) electrons. The van der Waals surface area contributed by atoms with E-state index in [0.717, 1.165) is 0 Å². The standard InChI is InChI=1S/C8H13NO2/c1-6(10)9-5-7(11)4-8(9,2)3/h4-5H2,1-3H3. The molecule has 1 rings (SSSR count). The minimum Gasteiger partial charge on any atom is -0.330 e. The number of Topliss-reactive ketones (excluding diaryl/α,β-unsaturated/α-hetero) is 1. The molecule has 1 heterocycles. The second-order valence-corrected chi connectivity index (χ2v) is 3.63. The Balaban J connectivity index is 2.82. The molecule has 1 amide bonds. The summed E-state index contributed by atoms with van der Waals surface area (Å²) < 4.78 is 0. The van der Waals surface area contributed by atoms with Gasteiger partial charge in [-0.2, -0.15) is 0 Å². The molecule has 3 nitrogen and oxygen atoms in total. The van der Waals surface area contributed by atoms with Crippen LogP contribution in [-0.4, -0.2) is 28.7 Å². The highest BCUT2D eigenvalue weighted by molar-refractivity contribution is 5.90. The van der Waals surface area contributed by atoms with Crippen molar-refractivity contribution in [1.29, 1.82) is 0 Å². The number of hydrogen-bond donors (Lipinski definition) is 0. The van der Waals surface area contributed by atoms with Gasteiger partial charge in [-0.25, -0.2) is 0 Å². The Hall–Kier alpha value is -0.860. The molecule has 1 aliphatic rings. The highest BCUT2D eigenvalue weighted by Crippen LogP contribution is 2.25. The largest absolute Gasteiger partial charge is 0.330 e. The summed E-state index contributed by atoms with van der Waals surface area (Å²) in [5.74, 6) is 0.144. The molecule has 1 fully saturated rings. The van der Waals surface area contributed by atoms with Crippen molar-refractivity contribution in [3.05, 3.63) is 0 Å². The van der Waals surface area contributed by atoms with Gasteiger partial charge in [0.25, 0.3) is 0 Å². The van der Waals surface area contributed by atoms with E-state index in [1.54, 1.807) is 4.90 Å². The second kappa shape index (κ2) is 2.32. The summed E-state index contributed by atoms with van der Waals surface area (Å²) in [6, 6.07) is 0. The Kier molecular flexibility index (Phi) is 1.74. The topological polar surface area (TPSA) is 37.4 Å². The van der Waals surface area contributed by atoms with Crippen LogP contribution in [0.2, 0.25) is 0 Å². The molecule has 0 spiro atoms. The average Bonchev–Trinajstić information content (AvgIpc) is 2.04. The first-order chi connectivity index (χ1) is 4.93. The molecular weight excluding hydrogens is 142 g/mol. The van der Waals surface area contributed by atoms with Gasteiger partial charge in [0.05, 0.1) is 6.54 Å². The smallest absolute Gasteiger partial charge is 0.220 e. The van der Waals surface area contributed by atoms with Gasteiger partial charge < -0.3 is 4.90 Å². The molecule has 62 valence electrons. The van der Waals surface area contributed by atoms with Crippen LogP contribution < -0.4 is 0 Å². The minimum absolute atomic E-state index is 0.0131. The van der Waals surface area contributed by atoms with Crippen LogP contribution in [0.4, 0.5) is 0 Å². The molecule has 0 aromatic heterocycles. The number of carbonyl (C=O) groups excluding carboxylic acids is 2. The van der Waals surface area contributed by atoms with Crippen LogP contribution in [0, 0.1) is 0 Å². The molecule has 3 heteroatoms. The van der Waals surface area contributed by atoms with Crippen molar-refractivity contribution in [2.45, 2.75) is 32.7 Å².